The highest BCUT2D eigenvalue weighted by molar-refractivity contribution is 5.70. The van der Waals surface area contributed by atoms with Crippen LogP contribution in [0.1, 0.15) is 25.0 Å². The van der Waals surface area contributed by atoms with E-state index in [0.29, 0.717) is 0 Å². The van der Waals surface area contributed by atoms with Gasteiger partial charge in [0.05, 0.1) is 6.61 Å². The first-order valence-corrected chi connectivity index (χ1v) is 7.61. The summed E-state index contributed by atoms with van der Waals surface area (Å²) in [5.74, 6) is -0.755. The number of hydrogen-bond acceptors (Lipinski definition) is 3. The molecule has 0 aromatic heterocycles. The van der Waals surface area contributed by atoms with Crippen LogP contribution in [0.2, 0.25) is 0 Å². The largest absolute Gasteiger partial charge is 0.573 e. The Morgan fingerprint density at radius 2 is 1.85 bits per heavy atom. The number of hydrogen-bond donors (Lipinski definition) is 0. The van der Waals surface area contributed by atoms with Crippen LogP contribution >= 0.6 is 0 Å². The van der Waals surface area contributed by atoms with E-state index in [1.54, 1.807) is 6.92 Å². The summed E-state index contributed by atoms with van der Waals surface area (Å²) in [7, 11) is 0. The van der Waals surface area contributed by atoms with E-state index in [2.05, 4.69) is 4.74 Å². The predicted octanol–water partition coefficient (Wildman–Crippen LogP) is 5.54. The molecule has 0 saturated heterocycles. The van der Waals surface area contributed by atoms with Crippen molar-refractivity contribution in [2.75, 3.05) is 6.61 Å². The highest BCUT2D eigenvalue weighted by atomic mass is 19.4. The van der Waals surface area contributed by atoms with Gasteiger partial charge < -0.3 is 14.2 Å². The SMILES string of the molecule is CC=C(OCC)C1=Cc2cc(OC(F)(F)F)cc(C)c2OC1C(F)(F)F. The number of aryl methyl sites for hydroxylation is 1. The van der Waals surface area contributed by atoms with Crippen molar-refractivity contribution in [3.63, 3.8) is 0 Å². The number of alkyl halides is 6. The molecule has 0 fully saturated rings. The molecule has 1 aromatic carbocycles. The molecule has 0 N–H and O–H groups in total. The maximum atomic E-state index is 13.4. The minimum Gasteiger partial charge on any atom is -0.494 e. The molecular formula is C17H16F6O3. The van der Waals surface area contributed by atoms with E-state index in [-0.39, 0.29) is 34.8 Å². The fraction of sp³-hybridized carbons (Fsp3) is 0.412. The number of allylic oxidation sites excluding steroid dienone is 1. The summed E-state index contributed by atoms with van der Waals surface area (Å²) in [6.45, 7) is 4.55. The Balaban J connectivity index is 2.58. The number of halogens is 6. The van der Waals surface area contributed by atoms with Crippen molar-refractivity contribution in [2.45, 2.75) is 39.4 Å². The Morgan fingerprint density at radius 3 is 2.35 bits per heavy atom. The molecule has 0 amide bonds. The van der Waals surface area contributed by atoms with Gasteiger partial charge in [0, 0.05) is 11.1 Å². The van der Waals surface area contributed by atoms with Gasteiger partial charge in [-0.25, -0.2) is 0 Å². The van der Waals surface area contributed by atoms with E-state index in [4.69, 9.17) is 9.47 Å². The summed E-state index contributed by atoms with van der Waals surface area (Å²) in [5, 5.41) is 0. The highest BCUT2D eigenvalue weighted by Crippen LogP contribution is 2.43. The van der Waals surface area contributed by atoms with Crippen LogP contribution in [0.3, 0.4) is 0 Å². The third kappa shape index (κ3) is 4.44. The van der Waals surface area contributed by atoms with Crippen LogP contribution in [0.25, 0.3) is 6.08 Å². The predicted molar refractivity (Wildman–Crippen MR) is 81.7 cm³/mol. The lowest BCUT2D eigenvalue weighted by Gasteiger charge is -2.31. The molecule has 0 aliphatic carbocycles. The molecule has 0 spiro atoms. The lowest BCUT2D eigenvalue weighted by Crippen LogP contribution is -2.39. The Kier molecular flexibility index (Phi) is 5.48. The fourth-order valence-electron chi connectivity index (χ4n) is 2.58. The lowest BCUT2D eigenvalue weighted by molar-refractivity contribution is -0.274. The van der Waals surface area contributed by atoms with Crippen molar-refractivity contribution in [1.82, 2.24) is 0 Å². The Bertz CT molecular complexity index is 731. The van der Waals surface area contributed by atoms with E-state index in [9.17, 15) is 26.3 Å². The monoisotopic (exact) mass is 382 g/mol. The van der Waals surface area contributed by atoms with Crippen molar-refractivity contribution in [3.05, 3.63) is 40.7 Å². The molecule has 144 valence electrons. The van der Waals surface area contributed by atoms with Crippen LogP contribution in [0.4, 0.5) is 26.3 Å². The molecule has 1 aromatic rings. The van der Waals surface area contributed by atoms with Gasteiger partial charge in [-0.3, -0.25) is 0 Å². The van der Waals surface area contributed by atoms with Gasteiger partial charge in [0.2, 0.25) is 6.10 Å². The molecule has 2 rings (SSSR count). The summed E-state index contributed by atoms with van der Waals surface area (Å²) in [5.41, 5.74) is -0.193. The minimum atomic E-state index is -4.92. The molecule has 1 unspecified atom stereocenters. The van der Waals surface area contributed by atoms with E-state index >= 15 is 0 Å². The maximum Gasteiger partial charge on any atom is 0.573 e. The second-order valence-corrected chi connectivity index (χ2v) is 5.43. The average Bonchev–Trinajstić information content (AvgIpc) is 2.48. The maximum absolute atomic E-state index is 13.4. The van der Waals surface area contributed by atoms with Crippen LogP contribution in [0.5, 0.6) is 11.5 Å². The van der Waals surface area contributed by atoms with E-state index in [0.717, 1.165) is 18.2 Å². The number of fused-ring (bicyclic) bond motifs is 1. The molecule has 1 heterocycles. The van der Waals surface area contributed by atoms with Gasteiger partial charge in [-0.1, -0.05) is 0 Å². The van der Waals surface area contributed by atoms with Crippen LogP contribution in [-0.2, 0) is 4.74 Å². The second-order valence-electron chi connectivity index (χ2n) is 5.43. The molecule has 1 aliphatic rings. The van der Waals surface area contributed by atoms with Crippen LogP contribution in [-0.4, -0.2) is 25.2 Å². The van der Waals surface area contributed by atoms with Crippen molar-refractivity contribution < 1.29 is 40.6 Å². The molecular weight excluding hydrogens is 366 g/mol. The molecule has 1 aliphatic heterocycles. The Hall–Kier alpha value is -2.32. The van der Waals surface area contributed by atoms with Gasteiger partial charge in [-0.2, -0.15) is 13.2 Å². The number of ether oxygens (including phenoxy) is 3. The standard InChI is InChI=1S/C17H16F6O3/c1-4-13(24-5-2)12-8-10-7-11(26-17(21,22)23)6-9(3)14(10)25-15(12)16(18,19)20/h4,6-8,15H,5H2,1-3H3. The molecule has 0 bridgehead atoms. The van der Waals surface area contributed by atoms with E-state index < -0.39 is 24.4 Å². The molecule has 1 atom stereocenters. The third-order valence-corrected chi connectivity index (χ3v) is 3.48. The summed E-state index contributed by atoms with van der Waals surface area (Å²) < 4.78 is 91.8. The summed E-state index contributed by atoms with van der Waals surface area (Å²) in [6.07, 6.45) is -9.50. The second kappa shape index (κ2) is 7.13. The molecule has 9 heteroatoms. The number of benzene rings is 1. The van der Waals surface area contributed by atoms with E-state index in [1.165, 1.54) is 19.9 Å². The summed E-state index contributed by atoms with van der Waals surface area (Å²) >= 11 is 0. The quantitative estimate of drug-likeness (QED) is 0.506. The van der Waals surface area contributed by atoms with Crippen LogP contribution < -0.4 is 9.47 Å². The molecule has 3 nitrogen and oxygen atoms in total. The van der Waals surface area contributed by atoms with E-state index in [1.807, 2.05) is 0 Å². The first-order valence-electron chi connectivity index (χ1n) is 7.61. The average molecular weight is 382 g/mol. The molecule has 0 radical (unpaired) electrons. The molecule has 26 heavy (non-hydrogen) atoms. The third-order valence-electron chi connectivity index (χ3n) is 3.48. The van der Waals surface area contributed by atoms with Crippen molar-refractivity contribution in [2.24, 2.45) is 0 Å². The van der Waals surface area contributed by atoms with Crippen molar-refractivity contribution >= 4 is 6.08 Å². The summed E-state index contributed by atoms with van der Waals surface area (Å²) in [4.78, 5) is 0. The normalized spacial score (nSPS) is 18.0. The zero-order chi connectivity index (χ0) is 19.7. The minimum absolute atomic E-state index is 0.0406. The zero-order valence-electron chi connectivity index (χ0n) is 14.1. The lowest BCUT2D eigenvalue weighted by atomic mass is 9.97. The van der Waals surface area contributed by atoms with Gasteiger partial charge in [0.15, 0.2) is 0 Å². The Morgan fingerprint density at radius 1 is 1.19 bits per heavy atom. The number of rotatable bonds is 4. The fourth-order valence-corrected chi connectivity index (χ4v) is 2.58. The smallest absolute Gasteiger partial charge is 0.494 e. The van der Waals surface area contributed by atoms with Crippen LogP contribution in [0, 0.1) is 6.92 Å². The first kappa shape index (κ1) is 20.0. The van der Waals surface area contributed by atoms with Gasteiger partial charge in [0.1, 0.15) is 17.3 Å². The van der Waals surface area contributed by atoms with Gasteiger partial charge >= 0.3 is 12.5 Å². The topological polar surface area (TPSA) is 27.7 Å². The highest BCUT2D eigenvalue weighted by Gasteiger charge is 2.47. The Labute approximate surface area is 145 Å². The first-order chi connectivity index (χ1) is 12.0. The van der Waals surface area contributed by atoms with Gasteiger partial charge in [-0.05, 0) is 50.6 Å². The van der Waals surface area contributed by atoms with Crippen molar-refractivity contribution in [1.29, 1.82) is 0 Å². The summed E-state index contributed by atoms with van der Waals surface area (Å²) in [6, 6.07) is 1.94. The van der Waals surface area contributed by atoms with Crippen molar-refractivity contribution in [3.8, 4) is 11.5 Å². The van der Waals surface area contributed by atoms with Crippen LogP contribution in [0.15, 0.2) is 29.5 Å². The zero-order valence-corrected chi connectivity index (χ0v) is 14.1. The molecule has 0 saturated carbocycles. The van der Waals surface area contributed by atoms with Gasteiger partial charge in [-0.15, -0.1) is 13.2 Å². The van der Waals surface area contributed by atoms with Gasteiger partial charge in [0.25, 0.3) is 0 Å².